The minimum atomic E-state index is -4.74. The Hall–Kier alpha value is -0.780. The van der Waals surface area contributed by atoms with Gasteiger partial charge in [-0.2, -0.15) is 13.2 Å². The first-order chi connectivity index (χ1) is 6.38. The van der Waals surface area contributed by atoms with Crippen LogP contribution in [0.15, 0.2) is 16.6 Å². The summed E-state index contributed by atoms with van der Waals surface area (Å²) in [5.41, 5.74) is -1.35. The Labute approximate surface area is 85.8 Å². The van der Waals surface area contributed by atoms with Gasteiger partial charge in [0.05, 0.1) is 11.6 Å². The molecule has 1 rings (SSSR count). The number of halogens is 5. The molecule has 1 nitrogen and oxygen atoms in total. The van der Waals surface area contributed by atoms with E-state index in [1.165, 1.54) is 7.11 Å². The number of alkyl halides is 3. The van der Waals surface area contributed by atoms with Crippen LogP contribution in [0.3, 0.4) is 0 Å². The fraction of sp³-hybridized carbons (Fsp3) is 0.250. The van der Waals surface area contributed by atoms with Crippen molar-refractivity contribution in [2.24, 2.45) is 0 Å². The van der Waals surface area contributed by atoms with Gasteiger partial charge in [-0.25, -0.2) is 4.39 Å². The van der Waals surface area contributed by atoms with E-state index in [0.717, 1.165) is 6.07 Å². The average molecular weight is 273 g/mol. The topological polar surface area (TPSA) is 9.23 Å². The Morgan fingerprint density at radius 3 is 2.29 bits per heavy atom. The molecule has 1 aromatic carbocycles. The summed E-state index contributed by atoms with van der Waals surface area (Å²) < 4.78 is 54.0. The first-order valence-electron chi connectivity index (χ1n) is 3.47. The number of hydrogen-bond donors (Lipinski definition) is 0. The fourth-order valence-electron chi connectivity index (χ4n) is 0.951. The van der Waals surface area contributed by atoms with Crippen LogP contribution >= 0.6 is 15.9 Å². The third-order valence-corrected chi connectivity index (χ3v) is 2.35. The number of rotatable bonds is 1. The van der Waals surface area contributed by atoms with E-state index in [-0.39, 0.29) is 5.75 Å². The van der Waals surface area contributed by atoms with Crippen molar-refractivity contribution in [3.05, 3.63) is 28.0 Å². The summed E-state index contributed by atoms with van der Waals surface area (Å²) in [6.07, 6.45) is -4.74. The van der Waals surface area contributed by atoms with E-state index in [4.69, 9.17) is 0 Å². The monoisotopic (exact) mass is 272 g/mol. The summed E-state index contributed by atoms with van der Waals surface area (Å²) in [7, 11) is 1.21. The van der Waals surface area contributed by atoms with E-state index in [1.54, 1.807) is 0 Å². The van der Waals surface area contributed by atoms with Crippen LogP contribution in [0.1, 0.15) is 5.56 Å². The summed E-state index contributed by atoms with van der Waals surface area (Å²) in [5, 5.41) is 0. The largest absolute Gasteiger partial charge is 0.496 e. The zero-order chi connectivity index (χ0) is 10.9. The molecule has 0 bridgehead atoms. The molecule has 0 atom stereocenters. The SMILES string of the molecule is COc1ccc(F)c(C(F)(F)F)c1Br. The molecule has 0 amide bonds. The number of hydrogen-bond acceptors (Lipinski definition) is 1. The van der Waals surface area contributed by atoms with Gasteiger partial charge in [-0.1, -0.05) is 0 Å². The van der Waals surface area contributed by atoms with Crippen LogP contribution in [0.4, 0.5) is 17.6 Å². The lowest BCUT2D eigenvalue weighted by Gasteiger charge is -2.12. The molecule has 0 heterocycles. The Balaban J connectivity index is 3.40. The molecule has 0 aliphatic carbocycles. The van der Waals surface area contributed by atoms with Gasteiger partial charge in [0, 0.05) is 0 Å². The molecule has 0 N–H and O–H groups in total. The molecule has 0 aromatic heterocycles. The first-order valence-corrected chi connectivity index (χ1v) is 4.26. The lowest BCUT2D eigenvalue weighted by molar-refractivity contribution is -0.140. The van der Waals surface area contributed by atoms with Gasteiger partial charge in [-0.15, -0.1) is 0 Å². The average Bonchev–Trinajstić information content (AvgIpc) is 2.02. The van der Waals surface area contributed by atoms with Crippen molar-refractivity contribution >= 4 is 15.9 Å². The number of benzene rings is 1. The number of methoxy groups -OCH3 is 1. The molecule has 0 saturated carbocycles. The normalized spacial score (nSPS) is 11.6. The second kappa shape index (κ2) is 3.76. The second-order valence-corrected chi connectivity index (χ2v) is 3.23. The highest BCUT2D eigenvalue weighted by molar-refractivity contribution is 9.10. The van der Waals surface area contributed by atoms with E-state index in [0.29, 0.717) is 6.07 Å². The highest BCUT2D eigenvalue weighted by atomic mass is 79.9. The lowest BCUT2D eigenvalue weighted by Crippen LogP contribution is -2.09. The van der Waals surface area contributed by atoms with E-state index in [9.17, 15) is 17.6 Å². The predicted molar refractivity (Wildman–Crippen MR) is 45.7 cm³/mol. The molecule has 0 radical (unpaired) electrons. The quantitative estimate of drug-likeness (QED) is 0.710. The molecule has 78 valence electrons. The maximum absolute atomic E-state index is 12.9. The van der Waals surface area contributed by atoms with E-state index < -0.39 is 22.0 Å². The van der Waals surface area contributed by atoms with Crippen molar-refractivity contribution in [3.63, 3.8) is 0 Å². The fourth-order valence-corrected chi connectivity index (χ4v) is 1.66. The second-order valence-electron chi connectivity index (χ2n) is 2.44. The zero-order valence-corrected chi connectivity index (χ0v) is 8.54. The molecular formula is C8H5BrF4O. The third-order valence-electron chi connectivity index (χ3n) is 1.56. The number of ether oxygens (including phenoxy) is 1. The van der Waals surface area contributed by atoms with Crippen molar-refractivity contribution in [1.82, 2.24) is 0 Å². The molecule has 0 aliphatic heterocycles. The maximum Gasteiger partial charge on any atom is 0.420 e. The van der Waals surface area contributed by atoms with Crippen molar-refractivity contribution < 1.29 is 22.3 Å². The van der Waals surface area contributed by atoms with Crippen LogP contribution in [0.5, 0.6) is 5.75 Å². The molecule has 0 unspecified atom stereocenters. The highest BCUT2D eigenvalue weighted by Crippen LogP contribution is 2.40. The summed E-state index contributed by atoms with van der Waals surface area (Å²) >= 11 is 2.64. The van der Waals surface area contributed by atoms with Crippen LogP contribution in [-0.2, 0) is 6.18 Å². The Bertz CT molecular complexity index is 348. The van der Waals surface area contributed by atoms with Gasteiger partial charge in [0.15, 0.2) is 0 Å². The van der Waals surface area contributed by atoms with E-state index in [1.807, 2.05) is 0 Å². The summed E-state index contributed by atoms with van der Waals surface area (Å²) in [4.78, 5) is 0. The van der Waals surface area contributed by atoms with Crippen LogP contribution in [-0.4, -0.2) is 7.11 Å². The minimum absolute atomic E-state index is 0.0567. The van der Waals surface area contributed by atoms with Crippen molar-refractivity contribution in [3.8, 4) is 5.75 Å². The Morgan fingerprint density at radius 1 is 1.29 bits per heavy atom. The van der Waals surface area contributed by atoms with Crippen LogP contribution in [0, 0.1) is 5.82 Å². The van der Waals surface area contributed by atoms with E-state index >= 15 is 0 Å². The first kappa shape index (κ1) is 11.3. The molecular weight excluding hydrogens is 268 g/mol. The predicted octanol–water partition coefficient (Wildman–Crippen LogP) is 3.62. The Morgan fingerprint density at radius 2 is 1.86 bits per heavy atom. The van der Waals surface area contributed by atoms with Gasteiger partial charge in [0.2, 0.25) is 0 Å². The van der Waals surface area contributed by atoms with Gasteiger partial charge in [-0.05, 0) is 28.1 Å². The van der Waals surface area contributed by atoms with Crippen LogP contribution < -0.4 is 4.74 Å². The molecule has 0 saturated heterocycles. The molecule has 0 aliphatic rings. The zero-order valence-electron chi connectivity index (χ0n) is 6.95. The van der Waals surface area contributed by atoms with E-state index in [2.05, 4.69) is 20.7 Å². The van der Waals surface area contributed by atoms with Gasteiger partial charge >= 0.3 is 6.18 Å². The third kappa shape index (κ3) is 2.00. The van der Waals surface area contributed by atoms with Gasteiger partial charge in [0.25, 0.3) is 0 Å². The van der Waals surface area contributed by atoms with Gasteiger partial charge in [-0.3, -0.25) is 0 Å². The summed E-state index contributed by atoms with van der Waals surface area (Å²) in [6.45, 7) is 0. The molecule has 1 aromatic rings. The maximum atomic E-state index is 12.9. The summed E-state index contributed by atoms with van der Waals surface area (Å²) in [6, 6.07) is 1.83. The van der Waals surface area contributed by atoms with Gasteiger partial charge < -0.3 is 4.74 Å². The molecule has 0 fully saturated rings. The smallest absolute Gasteiger partial charge is 0.420 e. The molecule has 0 spiro atoms. The van der Waals surface area contributed by atoms with Crippen molar-refractivity contribution in [2.45, 2.75) is 6.18 Å². The summed E-state index contributed by atoms with van der Waals surface area (Å²) in [5.74, 6) is -1.39. The highest BCUT2D eigenvalue weighted by Gasteiger charge is 2.37. The standard InChI is InChI=1S/C8H5BrF4O/c1-14-5-3-2-4(10)6(7(5)9)8(11,12)13/h2-3H,1H3. The van der Waals surface area contributed by atoms with Crippen LogP contribution in [0.2, 0.25) is 0 Å². The van der Waals surface area contributed by atoms with Gasteiger partial charge in [0.1, 0.15) is 17.1 Å². The Kier molecular flexibility index (Phi) is 3.04. The minimum Gasteiger partial charge on any atom is -0.496 e. The van der Waals surface area contributed by atoms with Crippen LogP contribution in [0.25, 0.3) is 0 Å². The lowest BCUT2D eigenvalue weighted by atomic mass is 10.2. The van der Waals surface area contributed by atoms with Crippen molar-refractivity contribution in [1.29, 1.82) is 0 Å². The molecule has 6 heteroatoms. The molecule has 14 heavy (non-hydrogen) atoms. The van der Waals surface area contributed by atoms with Crippen molar-refractivity contribution in [2.75, 3.05) is 7.11 Å².